The number of imide groups is 3. The summed E-state index contributed by atoms with van der Waals surface area (Å²) in [6.07, 6.45) is 7.66. The molecule has 1 aromatic carbocycles. The minimum atomic E-state index is -5.04. The maximum absolute atomic E-state index is 14.5. The van der Waals surface area contributed by atoms with E-state index in [0.29, 0.717) is 31.4 Å². The van der Waals surface area contributed by atoms with Gasteiger partial charge in [0.2, 0.25) is 17.7 Å². The number of nitrogens with two attached hydrogens (primary N) is 1. The molecule has 324 valence electrons. The predicted octanol–water partition coefficient (Wildman–Crippen LogP) is 2.40. The summed E-state index contributed by atoms with van der Waals surface area (Å²) in [6, 6.07) is -3.60. The smallest absolute Gasteiger partial charge is 0.326 e. The number of halogens is 2. The molecule has 1 saturated carbocycles. The Kier molecular flexibility index (Phi) is 18.1. The van der Waals surface area contributed by atoms with Gasteiger partial charge in [-0.1, -0.05) is 73.1 Å². The highest BCUT2D eigenvalue weighted by molar-refractivity contribution is 7.90. The third kappa shape index (κ3) is 13.9. The Morgan fingerprint density at radius 2 is 1.56 bits per heavy atom. The minimum Gasteiger partial charge on any atom is -0.342 e. The van der Waals surface area contributed by atoms with Gasteiger partial charge in [-0.15, -0.1) is 0 Å². The highest BCUT2D eigenvalue weighted by Gasteiger charge is 2.41. The molecule has 59 heavy (non-hydrogen) atoms. The van der Waals surface area contributed by atoms with Crippen LogP contribution in [0.3, 0.4) is 0 Å². The van der Waals surface area contributed by atoms with Crippen molar-refractivity contribution in [2.75, 3.05) is 0 Å². The van der Waals surface area contributed by atoms with Crippen LogP contribution in [0.2, 0.25) is 0 Å². The van der Waals surface area contributed by atoms with Crippen molar-refractivity contribution < 1.29 is 50.8 Å². The molecule has 1 heterocycles. The maximum Gasteiger partial charge on any atom is 0.326 e. The van der Waals surface area contributed by atoms with E-state index in [1.54, 1.807) is 20.8 Å². The number of carbonyl (C=O) groups is 7. The van der Waals surface area contributed by atoms with E-state index < -0.39 is 104 Å². The summed E-state index contributed by atoms with van der Waals surface area (Å²) in [5, 5.41) is 7.93. The molecule has 0 bridgehead atoms. The predicted molar refractivity (Wildman–Crippen MR) is 209 cm³/mol. The topological polar surface area (TPSA) is 257 Å². The zero-order chi connectivity index (χ0) is 44.0. The fraction of sp³-hybridized carbons (Fsp3) is 0.564. The molecule has 7 amide bonds. The average molecular weight is 849 g/mol. The van der Waals surface area contributed by atoms with Gasteiger partial charge in [0.05, 0.1) is 11.1 Å². The van der Waals surface area contributed by atoms with Crippen LogP contribution in [0.1, 0.15) is 109 Å². The SMILES string of the molecule is CCC(N)CC(=O)N(C(=O)C(=O)NS(=O)(=O)c1ccc(F)c(F)c1)C(=O)[C@H](CC1CCCCC1)NC(=O)[C@@H](NC(=O)[C@H](CC(C)C)NC(=O)c1cnccn1)[C@@H](C)CC. The van der Waals surface area contributed by atoms with Gasteiger partial charge in [-0.25, -0.2) is 31.8 Å². The molecule has 1 aliphatic carbocycles. The Morgan fingerprint density at radius 1 is 0.881 bits per heavy atom. The molecule has 6 N–H and O–H groups in total. The van der Waals surface area contributed by atoms with Crippen molar-refractivity contribution in [3.8, 4) is 0 Å². The van der Waals surface area contributed by atoms with E-state index in [0.717, 1.165) is 19.3 Å². The summed E-state index contributed by atoms with van der Waals surface area (Å²) in [6.45, 7) is 8.70. The molecular weight excluding hydrogens is 795 g/mol. The molecule has 5 atom stereocenters. The summed E-state index contributed by atoms with van der Waals surface area (Å²) in [4.78, 5) is 103. The van der Waals surface area contributed by atoms with Gasteiger partial charge in [-0.3, -0.25) is 38.5 Å². The number of aromatic nitrogens is 2. The van der Waals surface area contributed by atoms with Crippen LogP contribution in [-0.4, -0.2) is 88.8 Å². The number of nitrogens with one attached hydrogen (secondary N) is 4. The molecule has 2 aromatic rings. The van der Waals surface area contributed by atoms with Gasteiger partial charge in [-0.2, -0.15) is 0 Å². The molecule has 3 rings (SSSR count). The Morgan fingerprint density at radius 3 is 2.14 bits per heavy atom. The summed E-state index contributed by atoms with van der Waals surface area (Å²) in [7, 11) is -5.04. The Labute approximate surface area is 342 Å². The van der Waals surface area contributed by atoms with Crippen molar-refractivity contribution in [2.45, 2.75) is 128 Å². The van der Waals surface area contributed by atoms with Crippen LogP contribution in [0.5, 0.6) is 0 Å². The van der Waals surface area contributed by atoms with E-state index in [1.807, 2.05) is 13.8 Å². The lowest BCUT2D eigenvalue weighted by Gasteiger charge is -2.32. The van der Waals surface area contributed by atoms with E-state index in [2.05, 4.69) is 25.9 Å². The molecule has 0 radical (unpaired) electrons. The first-order chi connectivity index (χ1) is 27.8. The molecule has 1 aromatic heterocycles. The quantitative estimate of drug-likeness (QED) is 0.136. The molecule has 17 nitrogen and oxygen atoms in total. The fourth-order valence-electron chi connectivity index (χ4n) is 6.47. The lowest BCUT2D eigenvalue weighted by atomic mass is 9.84. The number of amides is 7. The summed E-state index contributed by atoms with van der Waals surface area (Å²) in [5.41, 5.74) is 5.93. The van der Waals surface area contributed by atoms with Crippen LogP contribution in [-0.2, 0) is 38.8 Å². The third-order valence-electron chi connectivity index (χ3n) is 10.1. The Bertz CT molecular complexity index is 1950. The third-order valence-corrected chi connectivity index (χ3v) is 11.4. The first-order valence-corrected chi connectivity index (χ1v) is 21.1. The van der Waals surface area contributed by atoms with Crippen molar-refractivity contribution in [2.24, 2.45) is 23.5 Å². The monoisotopic (exact) mass is 848 g/mol. The minimum absolute atomic E-state index is 0.0430. The van der Waals surface area contributed by atoms with Crippen molar-refractivity contribution in [1.29, 1.82) is 0 Å². The molecular formula is C39H54F2N8O9S. The molecule has 0 saturated heterocycles. The van der Waals surface area contributed by atoms with Crippen LogP contribution >= 0.6 is 0 Å². The number of hydrogen-bond acceptors (Lipinski definition) is 12. The van der Waals surface area contributed by atoms with E-state index in [-0.39, 0.29) is 47.8 Å². The first-order valence-electron chi connectivity index (χ1n) is 19.7. The van der Waals surface area contributed by atoms with Gasteiger partial charge >= 0.3 is 11.8 Å². The van der Waals surface area contributed by atoms with Gasteiger partial charge in [0.15, 0.2) is 11.6 Å². The lowest BCUT2D eigenvalue weighted by molar-refractivity contribution is -0.160. The number of sulfonamides is 1. The van der Waals surface area contributed by atoms with Crippen LogP contribution in [0.15, 0.2) is 41.7 Å². The number of hydrogen-bond donors (Lipinski definition) is 5. The van der Waals surface area contributed by atoms with Gasteiger partial charge in [0.25, 0.3) is 21.8 Å². The highest BCUT2D eigenvalue weighted by atomic mass is 32.2. The van der Waals surface area contributed by atoms with Crippen LogP contribution < -0.4 is 26.4 Å². The lowest BCUT2D eigenvalue weighted by Crippen LogP contribution is -2.61. The van der Waals surface area contributed by atoms with Gasteiger partial charge in [0.1, 0.15) is 23.8 Å². The zero-order valence-electron chi connectivity index (χ0n) is 33.8. The van der Waals surface area contributed by atoms with Gasteiger partial charge in [-0.05, 0) is 55.2 Å². The van der Waals surface area contributed by atoms with Crippen molar-refractivity contribution in [3.63, 3.8) is 0 Å². The second-order valence-electron chi connectivity index (χ2n) is 15.2. The number of nitrogens with zero attached hydrogens (tertiary/aromatic N) is 3. The molecule has 20 heteroatoms. The van der Waals surface area contributed by atoms with E-state index in [4.69, 9.17) is 5.73 Å². The van der Waals surface area contributed by atoms with Crippen LogP contribution in [0.4, 0.5) is 8.78 Å². The normalized spacial score (nSPS) is 15.8. The molecule has 1 unspecified atom stereocenters. The Hall–Kier alpha value is -5.24. The summed E-state index contributed by atoms with van der Waals surface area (Å²) >= 11 is 0. The van der Waals surface area contributed by atoms with E-state index in [9.17, 15) is 50.8 Å². The van der Waals surface area contributed by atoms with Crippen LogP contribution in [0, 0.1) is 29.4 Å². The van der Waals surface area contributed by atoms with Crippen molar-refractivity contribution in [1.82, 2.24) is 35.5 Å². The van der Waals surface area contributed by atoms with Gasteiger partial charge in [0, 0.05) is 24.9 Å². The van der Waals surface area contributed by atoms with Crippen LogP contribution in [0.25, 0.3) is 0 Å². The number of benzene rings is 1. The second-order valence-corrected chi connectivity index (χ2v) is 16.9. The second kappa shape index (κ2) is 22.2. The molecule has 0 aliphatic heterocycles. The summed E-state index contributed by atoms with van der Waals surface area (Å²) in [5.74, 6) is -12.6. The van der Waals surface area contributed by atoms with E-state index in [1.165, 1.54) is 23.3 Å². The number of carbonyl (C=O) groups excluding carboxylic acids is 7. The average Bonchev–Trinajstić information content (AvgIpc) is 3.20. The first kappa shape index (κ1) is 48.1. The molecule has 1 fully saturated rings. The Balaban J connectivity index is 1.99. The van der Waals surface area contributed by atoms with E-state index >= 15 is 0 Å². The number of rotatable bonds is 18. The summed E-state index contributed by atoms with van der Waals surface area (Å²) < 4.78 is 54.7. The highest BCUT2D eigenvalue weighted by Crippen LogP contribution is 2.28. The fourth-order valence-corrected chi connectivity index (χ4v) is 7.42. The zero-order valence-corrected chi connectivity index (χ0v) is 34.7. The van der Waals surface area contributed by atoms with Gasteiger partial charge < -0.3 is 21.7 Å². The molecule has 0 spiro atoms. The molecule has 1 aliphatic rings. The largest absolute Gasteiger partial charge is 0.342 e. The maximum atomic E-state index is 14.5. The van der Waals surface area contributed by atoms with Crippen molar-refractivity contribution >= 4 is 51.4 Å². The van der Waals surface area contributed by atoms with Crippen molar-refractivity contribution in [3.05, 3.63) is 54.1 Å². The standard InChI is InChI=1S/C39H54F2N8O9S/c1-6-23(5)33(47-34(51)29(17-22(3)4)45-35(52)31-21-43-15-16-44-31)36(53)46-30(18-24-11-9-8-10-12-24)38(55)49(32(50)19-25(42)7-2)39(56)37(54)48-59(57,58)26-13-14-27(40)28(41)20-26/h13-16,20-25,29-30,33H,6-12,17-19,42H2,1-5H3,(H,45,52)(H,46,53)(H,47,51)(H,48,54)/t23-,25?,29-,30-,33-/m0/s1.